The topological polar surface area (TPSA) is 56.1 Å². The van der Waals surface area contributed by atoms with Gasteiger partial charge in [0.2, 0.25) is 5.91 Å². The van der Waals surface area contributed by atoms with Gasteiger partial charge in [-0.15, -0.1) is 0 Å². The van der Waals surface area contributed by atoms with Crippen molar-refractivity contribution < 1.29 is 9.53 Å². The zero-order valence-electron chi connectivity index (χ0n) is 13.9. The van der Waals surface area contributed by atoms with Gasteiger partial charge in [0.25, 0.3) is 0 Å². The zero-order valence-corrected chi connectivity index (χ0v) is 13.9. The number of methoxy groups -OCH3 is 1. The molecule has 5 heteroatoms. The van der Waals surface area contributed by atoms with E-state index in [1.807, 2.05) is 35.0 Å². The standard InChI is InChI=1S/C19H23N3O2/c1-24-16-6-3-13(4-7-16)12-22-18(8-9-20-22)21-19(23)17-11-14-2-5-15(17)10-14/h3-4,6-9,14-15,17H,2,5,10-12H2,1H3,(H,21,23)/t14-,15-,17+/m0/s1. The molecule has 2 saturated carbocycles. The Balaban J connectivity index is 1.43. The summed E-state index contributed by atoms with van der Waals surface area (Å²) in [5.74, 6) is 3.33. The lowest BCUT2D eigenvalue weighted by atomic mass is 9.88. The van der Waals surface area contributed by atoms with Crippen molar-refractivity contribution >= 4 is 11.7 Å². The fraction of sp³-hybridized carbons (Fsp3) is 0.474. The van der Waals surface area contributed by atoms with Crippen LogP contribution in [0.15, 0.2) is 36.5 Å². The fourth-order valence-corrected chi connectivity index (χ4v) is 4.25. The normalized spacial score (nSPS) is 25.0. The summed E-state index contributed by atoms with van der Waals surface area (Å²) in [6.07, 6.45) is 6.56. The maximum absolute atomic E-state index is 12.6. The second-order valence-electron chi connectivity index (χ2n) is 6.99. The third-order valence-corrected chi connectivity index (χ3v) is 5.53. The Morgan fingerprint density at radius 3 is 2.75 bits per heavy atom. The molecule has 2 aliphatic rings. The van der Waals surface area contributed by atoms with E-state index in [2.05, 4.69) is 10.4 Å². The molecular formula is C19H23N3O2. The summed E-state index contributed by atoms with van der Waals surface area (Å²) in [6.45, 7) is 0.628. The predicted octanol–water partition coefficient (Wildman–Crippen LogP) is 3.31. The molecule has 0 spiro atoms. The van der Waals surface area contributed by atoms with Gasteiger partial charge in [0.1, 0.15) is 11.6 Å². The van der Waals surface area contributed by atoms with Gasteiger partial charge in [-0.05, 0) is 48.8 Å². The summed E-state index contributed by atoms with van der Waals surface area (Å²) in [7, 11) is 1.66. The van der Waals surface area contributed by atoms with E-state index >= 15 is 0 Å². The summed E-state index contributed by atoms with van der Waals surface area (Å²) < 4.78 is 7.02. The van der Waals surface area contributed by atoms with Gasteiger partial charge in [0.15, 0.2) is 0 Å². The number of hydrogen-bond donors (Lipinski definition) is 1. The number of fused-ring (bicyclic) bond motifs is 2. The van der Waals surface area contributed by atoms with Crippen molar-refractivity contribution in [1.29, 1.82) is 0 Å². The molecule has 1 aromatic carbocycles. The number of aromatic nitrogens is 2. The van der Waals surface area contributed by atoms with Gasteiger partial charge in [0.05, 0.1) is 19.9 Å². The molecule has 2 bridgehead atoms. The first kappa shape index (κ1) is 15.2. The van der Waals surface area contributed by atoms with E-state index in [4.69, 9.17) is 4.74 Å². The van der Waals surface area contributed by atoms with E-state index in [-0.39, 0.29) is 11.8 Å². The van der Waals surface area contributed by atoms with Crippen molar-refractivity contribution in [2.45, 2.75) is 32.2 Å². The average molecular weight is 325 g/mol. The molecule has 24 heavy (non-hydrogen) atoms. The van der Waals surface area contributed by atoms with E-state index in [9.17, 15) is 4.79 Å². The molecule has 4 rings (SSSR count). The number of rotatable bonds is 5. The second-order valence-corrected chi connectivity index (χ2v) is 6.99. The lowest BCUT2D eigenvalue weighted by Gasteiger charge is -2.21. The molecule has 1 amide bonds. The van der Waals surface area contributed by atoms with Crippen LogP contribution in [0, 0.1) is 17.8 Å². The molecule has 2 aliphatic carbocycles. The molecule has 0 radical (unpaired) electrons. The Morgan fingerprint density at radius 1 is 1.25 bits per heavy atom. The maximum Gasteiger partial charge on any atom is 0.228 e. The maximum atomic E-state index is 12.6. The van der Waals surface area contributed by atoms with Gasteiger partial charge in [0, 0.05) is 12.0 Å². The van der Waals surface area contributed by atoms with Crippen molar-refractivity contribution in [1.82, 2.24) is 9.78 Å². The van der Waals surface area contributed by atoms with E-state index in [1.165, 1.54) is 19.3 Å². The second kappa shape index (κ2) is 6.30. The molecule has 2 fully saturated rings. The molecule has 0 aliphatic heterocycles. The number of nitrogens with zero attached hydrogens (tertiary/aromatic N) is 2. The predicted molar refractivity (Wildman–Crippen MR) is 91.9 cm³/mol. The number of amides is 1. The lowest BCUT2D eigenvalue weighted by Crippen LogP contribution is -2.28. The molecule has 3 atom stereocenters. The van der Waals surface area contributed by atoms with Crippen molar-refractivity contribution in [3.63, 3.8) is 0 Å². The number of carbonyl (C=O) groups is 1. The molecule has 1 aromatic heterocycles. The van der Waals surface area contributed by atoms with Crippen LogP contribution in [-0.2, 0) is 11.3 Å². The highest BCUT2D eigenvalue weighted by atomic mass is 16.5. The van der Waals surface area contributed by atoms with Crippen LogP contribution in [0.1, 0.15) is 31.2 Å². The molecule has 0 unspecified atom stereocenters. The molecular weight excluding hydrogens is 302 g/mol. The molecule has 0 saturated heterocycles. The first-order chi connectivity index (χ1) is 11.7. The van der Waals surface area contributed by atoms with Crippen LogP contribution in [0.2, 0.25) is 0 Å². The highest BCUT2D eigenvalue weighted by Gasteiger charge is 2.43. The quantitative estimate of drug-likeness (QED) is 0.917. The fourth-order valence-electron chi connectivity index (χ4n) is 4.25. The first-order valence-corrected chi connectivity index (χ1v) is 8.68. The van der Waals surface area contributed by atoms with Crippen LogP contribution in [-0.4, -0.2) is 22.8 Å². The van der Waals surface area contributed by atoms with E-state index in [0.29, 0.717) is 12.5 Å². The van der Waals surface area contributed by atoms with Crippen LogP contribution in [0.5, 0.6) is 5.75 Å². The number of hydrogen-bond acceptors (Lipinski definition) is 3. The van der Waals surface area contributed by atoms with Gasteiger partial charge < -0.3 is 10.1 Å². The van der Waals surface area contributed by atoms with Gasteiger partial charge in [-0.2, -0.15) is 5.10 Å². The van der Waals surface area contributed by atoms with Gasteiger partial charge in [-0.25, -0.2) is 4.68 Å². The zero-order chi connectivity index (χ0) is 16.5. The highest BCUT2D eigenvalue weighted by Crippen LogP contribution is 2.48. The smallest absolute Gasteiger partial charge is 0.228 e. The summed E-state index contributed by atoms with van der Waals surface area (Å²) >= 11 is 0. The van der Waals surface area contributed by atoms with Crippen LogP contribution >= 0.6 is 0 Å². The average Bonchev–Trinajstić information content (AvgIpc) is 3.33. The summed E-state index contributed by atoms with van der Waals surface area (Å²) in [4.78, 5) is 12.6. The van der Waals surface area contributed by atoms with E-state index < -0.39 is 0 Å². The van der Waals surface area contributed by atoms with Crippen molar-refractivity contribution in [3.05, 3.63) is 42.1 Å². The molecule has 2 aromatic rings. The third-order valence-electron chi connectivity index (χ3n) is 5.53. The van der Waals surface area contributed by atoms with E-state index in [1.54, 1.807) is 13.3 Å². The Labute approximate surface area is 142 Å². The summed E-state index contributed by atoms with van der Waals surface area (Å²) in [6, 6.07) is 9.78. The summed E-state index contributed by atoms with van der Waals surface area (Å²) in [5.41, 5.74) is 1.12. The van der Waals surface area contributed by atoms with Gasteiger partial charge >= 0.3 is 0 Å². The minimum atomic E-state index is 0.165. The molecule has 5 nitrogen and oxygen atoms in total. The number of benzene rings is 1. The van der Waals surface area contributed by atoms with Gasteiger partial charge in [-0.1, -0.05) is 18.6 Å². The Morgan fingerprint density at radius 2 is 2.08 bits per heavy atom. The van der Waals surface area contributed by atoms with Crippen LogP contribution < -0.4 is 10.1 Å². The minimum Gasteiger partial charge on any atom is -0.497 e. The minimum absolute atomic E-state index is 0.165. The monoisotopic (exact) mass is 325 g/mol. The molecule has 1 heterocycles. The Kier molecular flexibility index (Phi) is 4.00. The molecule has 1 N–H and O–H groups in total. The largest absolute Gasteiger partial charge is 0.497 e. The lowest BCUT2D eigenvalue weighted by molar-refractivity contribution is -0.121. The number of nitrogens with one attached hydrogen (secondary N) is 1. The van der Waals surface area contributed by atoms with Crippen molar-refractivity contribution in [3.8, 4) is 5.75 Å². The number of anilines is 1. The first-order valence-electron chi connectivity index (χ1n) is 8.68. The Hall–Kier alpha value is -2.30. The van der Waals surface area contributed by atoms with Crippen molar-refractivity contribution in [2.75, 3.05) is 12.4 Å². The van der Waals surface area contributed by atoms with Crippen LogP contribution in [0.3, 0.4) is 0 Å². The summed E-state index contributed by atoms with van der Waals surface area (Å²) in [5, 5.41) is 7.45. The molecule has 126 valence electrons. The van der Waals surface area contributed by atoms with Gasteiger partial charge in [-0.3, -0.25) is 4.79 Å². The number of ether oxygens (including phenoxy) is 1. The van der Waals surface area contributed by atoms with E-state index in [0.717, 1.165) is 29.5 Å². The van der Waals surface area contributed by atoms with Crippen molar-refractivity contribution in [2.24, 2.45) is 17.8 Å². The Bertz CT molecular complexity index is 722. The van der Waals surface area contributed by atoms with Crippen LogP contribution in [0.4, 0.5) is 5.82 Å². The van der Waals surface area contributed by atoms with Crippen LogP contribution in [0.25, 0.3) is 0 Å². The highest BCUT2D eigenvalue weighted by molar-refractivity contribution is 5.92. The number of carbonyl (C=O) groups excluding carboxylic acids is 1. The SMILES string of the molecule is COc1ccc(Cn2nccc2NC(=O)[C@@H]2C[C@H]3CC[C@H]2C3)cc1. The third kappa shape index (κ3) is 2.90.